The maximum absolute atomic E-state index is 12.3. The van der Waals surface area contributed by atoms with Crippen LogP contribution in [0.25, 0.3) is 5.69 Å². The molecule has 1 aromatic carbocycles. The molecule has 0 unspecified atom stereocenters. The summed E-state index contributed by atoms with van der Waals surface area (Å²) in [4.78, 5) is 35.3. The highest BCUT2D eigenvalue weighted by atomic mass is 32.2. The Hall–Kier alpha value is -3.18. The zero-order valence-corrected chi connectivity index (χ0v) is 12.6. The Bertz CT molecular complexity index is 1090. The number of carbonyl (C=O) groups is 2. The van der Waals surface area contributed by atoms with E-state index < -0.39 is 39.0 Å². The summed E-state index contributed by atoms with van der Waals surface area (Å²) in [7, 11) is -4.11. The largest absolute Gasteiger partial charge is 0.506 e. The van der Waals surface area contributed by atoms with E-state index in [1.165, 1.54) is 0 Å². The van der Waals surface area contributed by atoms with Crippen LogP contribution in [-0.2, 0) is 10.0 Å². The normalized spacial score (nSPS) is 13.7. The van der Waals surface area contributed by atoms with Crippen LogP contribution in [0.2, 0.25) is 0 Å². The molecule has 0 saturated heterocycles. The van der Waals surface area contributed by atoms with E-state index in [2.05, 4.69) is 0 Å². The van der Waals surface area contributed by atoms with Gasteiger partial charge in [0, 0.05) is 6.07 Å². The number of rotatable bonds is 2. The molecule has 0 fully saturated rings. The number of fused-ring (bicyclic) bond motifs is 1. The third-order valence-electron chi connectivity index (χ3n) is 3.47. The fourth-order valence-electron chi connectivity index (χ4n) is 2.39. The van der Waals surface area contributed by atoms with Crippen LogP contribution in [0.4, 0.5) is 5.82 Å². The van der Waals surface area contributed by atoms with E-state index in [-0.39, 0.29) is 21.7 Å². The quantitative estimate of drug-likeness (QED) is 0.484. The number of benzene rings is 1. The number of sulfonamides is 1. The van der Waals surface area contributed by atoms with E-state index in [0.717, 1.165) is 28.8 Å². The molecule has 0 radical (unpaired) electrons. The van der Waals surface area contributed by atoms with Crippen LogP contribution in [0.15, 0.2) is 34.0 Å². The molecule has 1 aliphatic rings. The van der Waals surface area contributed by atoms with Gasteiger partial charge in [-0.2, -0.15) is 0 Å². The Morgan fingerprint density at radius 3 is 2.38 bits per heavy atom. The fourth-order valence-corrected chi connectivity index (χ4v) is 2.92. The van der Waals surface area contributed by atoms with Crippen LogP contribution in [-0.4, -0.2) is 29.9 Å². The number of imide groups is 1. The van der Waals surface area contributed by atoms with Gasteiger partial charge >= 0.3 is 0 Å². The smallest absolute Gasteiger partial charge is 0.262 e. The number of pyridine rings is 1. The van der Waals surface area contributed by atoms with Gasteiger partial charge in [-0.05, 0) is 18.2 Å². The van der Waals surface area contributed by atoms with Crippen LogP contribution < -0.4 is 21.7 Å². The van der Waals surface area contributed by atoms with Crippen LogP contribution >= 0.6 is 0 Å². The number of nitrogen functional groups attached to an aromatic ring is 1. The number of aromatic nitrogens is 1. The molecule has 124 valence electrons. The van der Waals surface area contributed by atoms with E-state index in [1.54, 1.807) is 0 Å². The Kier molecular flexibility index (Phi) is 3.21. The lowest BCUT2D eigenvalue weighted by molar-refractivity contribution is 0.0880. The average molecular weight is 350 g/mol. The molecular formula is C13H10N4O6S. The molecule has 1 aliphatic heterocycles. The van der Waals surface area contributed by atoms with Crippen molar-refractivity contribution < 1.29 is 23.1 Å². The van der Waals surface area contributed by atoms with Crippen molar-refractivity contribution in [3.05, 3.63) is 45.7 Å². The number of carbonyl (C=O) groups excluding carboxylic acids is 2. The minimum Gasteiger partial charge on any atom is -0.506 e. The molecule has 2 heterocycles. The third kappa shape index (κ3) is 2.23. The van der Waals surface area contributed by atoms with Crippen molar-refractivity contribution in [3.63, 3.8) is 0 Å². The number of anilines is 1. The molecule has 0 saturated carbocycles. The molecular weight excluding hydrogens is 340 g/mol. The number of phenols is 1. The number of nitrogens with one attached hydrogen (secondary N) is 1. The SMILES string of the molecule is Nc1c2c(cc(=O)n1-c1cc(S(N)(=O)=O)ccc1O)C(=O)NC2=O. The molecule has 0 aliphatic carbocycles. The van der Waals surface area contributed by atoms with Crippen molar-refractivity contribution in [3.8, 4) is 11.4 Å². The topological polar surface area (TPSA) is 175 Å². The second-order valence-corrected chi connectivity index (χ2v) is 6.53. The maximum atomic E-state index is 12.3. The number of aromatic hydroxyl groups is 1. The highest BCUT2D eigenvalue weighted by Crippen LogP contribution is 2.28. The van der Waals surface area contributed by atoms with Crippen LogP contribution in [0.5, 0.6) is 5.75 Å². The van der Waals surface area contributed by atoms with Gasteiger partial charge in [-0.25, -0.2) is 13.6 Å². The first-order valence-electron chi connectivity index (χ1n) is 6.38. The minimum atomic E-state index is -4.11. The highest BCUT2D eigenvalue weighted by molar-refractivity contribution is 7.89. The number of amides is 2. The molecule has 11 heteroatoms. The monoisotopic (exact) mass is 350 g/mol. The first kappa shape index (κ1) is 15.7. The number of primary sulfonamides is 1. The molecule has 2 aromatic rings. The van der Waals surface area contributed by atoms with E-state index in [0.29, 0.717) is 0 Å². The van der Waals surface area contributed by atoms with Gasteiger partial charge in [-0.3, -0.25) is 24.3 Å². The van der Waals surface area contributed by atoms with Crippen molar-refractivity contribution in [1.29, 1.82) is 0 Å². The number of nitrogens with zero attached hydrogens (tertiary/aromatic N) is 1. The predicted octanol–water partition coefficient (Wildman–Crippen LogP) is -1.34. The van der Waals surface area contributed by atoms with Gasteiger partial charge in [-0.15, -0.1) is 0 Å². The van der Waals surface area contributed by atoms with Gasteiger partial charge in [0.05, 0.1) is 21.7 Å². The van der Waals surface area contributed by atoms with Crippen LogP contribution in [0.1, 0.15) is 20.7 Å². The summed E-state index contributed by atoms with van der Waals surface area (Å²) in [6.45, 7) is 0. The Morgan fingerprint density at radius 2 is 1.75 bits per heavy atom. The number of nitrogens with two attached hydrogens (primary N) is 2. The first-order chi connectivity index (χ1) is 11.1. The lowest BCUT2D eigenvalue weighted by Crippen LogP contribution is -2.24. The van der Waals surface area contributed by atoms with Gasteiger partial charge < -0.3 is 10.8 Å². The average Bonchev–Trinajstić information content (AvgIpc) is 2.74. The highest BCUT2D eigenvalue weighted by Gasteiger charge is 2.32. The summed E-state index contributed by atoms with van der Waals surface area (Å²) in [5, 5.41) is 17.0. The van der Waals surface area contributed by atoms with Crippen molar-refractivity contribution in [2.75, 3.05) is 5.73 Å². The Balaban J connectivity index is 2.37. The van der Waals surface area contributed by atoms with Crippen molar-refractivity contribution in [2.24, 2.45) is 5.14 Å². The minimum absolute atomic E-state index is 0.194. The molecule has 2 amide bonds. The van der Waals surface area contributed by atoms with Crippen LogP contribution in [0.3, 0.4) is 0 Å². The lowest BCUT2D eigenvalue weighted by atomic mass is 10.1. The number of hydrogen-bond acceptors (Lipinski definition) is 7. The molecule has 10 nitrogen and oxygen atoms in total. The summed E-state index contributed by atoms with van der Waals surface area (Å²) < 4.78 is 23.6. The summed E-state index contributed by atoms with van der Waals surface area (Å²) in [5.74, 6) is -2.46. The maximum Gasteiger partial charge on any atom is 0.262 e. The second-order valence-electron chi connectivity index (χ2n) is 4.97. The van der Waals surface area contributed by atoms with E-state index in [4.69, 9.17) is 10.9 Å². The van der Waals surface area contributed by atoms with Crippen LogP contribution in [0, 0.1) is 0 Å². The van der Waals surface area contributed by atoms with Crippen molar-refractivity contribution >= 4 is 27.7 Å². The van der Waals surface area contributed by atoms with Gasteiger partial charge in [0.2, 0.25) is 10.0 Å². The molecule has 6 N–H and O–H groups in total. The number of phenolic OH excluding ortho intramolecular Hbond substituents is 1. The van der Waals surface area contributed by atoms with Gasteiger partial charge in [0.25, 0.3) is 17.4 Å². The van der Waals surface area contributed by atoms with Crippen molar-refractivity contribution in [1.82, 2.24) is 9.88 Å². The molecule has 0 bridgehead atoms. The Morgan fingerprint density at radius 1 is 1.08 bits per heavy atom. The molecule has 3 rings (SSSR count). The standard InChI is InChI=1S/C13H10N4O6S/c14-11-10-6(12(20)16-13(10)21)4-9(19)17(11)7-3-5(24(15,22)23)1-2-8(7)18/h1-4,18H,14H2,(H2,15,22,23)(H,16,20,21). The molecule has 0 atom stereocenters. The third-order valence-corrected chi connectivity index (χ3v) is 4.38. The molecule has 24 heavy (non-hydrogen) atoms. The predicted molar refractivity (Wildman–Crippen MR) is 81.3 cm³/mol. The Labute approximate surface area is 134 Å². The summed E-state index contributed by atoms with van der Waals surface area (Å²) in [6.07, 6.45) is 0. The first-order valence-corrected chi connectivity index (χ1v) is 7.93. The van der Waals surface area contributed by atoms with Crippen molar-refractivity contribution in [2.45, 2.75) is 4.90 Å². The van der Waals surface area contributed by atoms with Gasteiger partial charge in [0.1, 0.15) is 11.6 Å². The van der Waals surface area contributed by atoms with Gasteiger partial charge in [-0.1, -0.05) is 0 Å². The summed E-state index contributed by atoms with van der Waals surface area (Å²) in [6, 6.07) is 3.86. The zero-order valence-electron chi connectivity index (χ0n) is 11.8. The lowest BCUT2D eigenvalue weighted by Gasteiger charge is -2.14. The van der Waals surface area contributed by atoms with Gasteiger partial charge in [0.15, 0.2) is 0 Å². The van der Waals surface area contributed by atoms with E-state index in [1.807, 2.05) is 5.32 Å². The second kappa shape index (κ2) is 4.91. The summed E-state index contributed by atoms with van der Waals surface area (Å²) >= 11 is 0. The number of hydrogen-bond donors (Lipinski definition) is 4. The molecule has 0 spiro atoms. The molecule has 1 aromatic heterocycles. The zero-order chi connectivity index (χ0) is 17.8. The fraction of sp³-hybridized carbons (Fsp3) is 0. The van der Waals surface area contributed by atoms with E-state index in [9.17, 15) is 27.9 Å². The van der Waals surface area contributed by atoms with E-state index >= 15 is 0 Å². The summed E-state index contributed by atoms with van der Waals surface area (Å²) in [5.41, 5.74) is 4.25.